The van der Waals surface area contributed by atoms with Gasteiger partial charge in [0.1, 0.15) is 12.4 Å². The van der Waals surface area contributed by atoms with E-state index in [0.29, 0.717) is 12.3 Å². The van der Waals surface area contributed by atoms with Crippen molar-refractivity contribution in [3.8, 4) is 5.75 Å². The highest BCUT2D eigenvalue weighted by Gasteiger charge is 2.09. The highest BCUT2D eigenvalue weighted by Crippen LogP contribution is 2.36. The van der Waals surface area contributed by atoms with Crippen molar-refractivity contribution in [2.75, 3.05) is 5.73 Å². The van der Waals surface area contributed by atoms with E-state index >= 15 is 0 Å². The van der Waals surface area contributed by atoms with Gasteiger partial charge < -0.3 is 10.5 Å². The van der Waals surface area contributed by atoms with E-state index in [-0.39, 0.29) is 0 Å². The van der Waals surface area contributed by atoms with Gasteiger partial charge in [-0.05, 0) is 50.1 Å². The number of hydrogen-bond acceptors (Lipinski definition) is 2. The van der Waals surface area contributed by atoms with E-state index in [1.165, 1.54) is 0 Å². The van der Waals surface area contributed by atoms with Gasteiger partial charge in [-0.1, -0.05) is 34.1 Å². The molecule has 2 aromatic rings. The third kappa shape index (κ3) is 3.28. The standard InChI is InChI=1S/C13H10Br3NO/c14-10-4-2-1-3-8(10)7-18-13-11(15)5-9(17)6-12(13)16/h1-6H,7,17H2. The van der Waals surface area contributed by atoms with Crippen LogP contribution in [0.5, 0.6) is 5.75 Å². The maximum absolute atomic E-state index is 5.81. The third-order valence-electron chi connectivity index (χ3n) is 2.35. The Kier molecular flexibility index (Phi) is 4.70. The molecule has 5 heteroatoms. The van der Waals surface area contributed by atoms with Crippen LogP contribution >= 0.6 is 47.8 Å². The molecule has 0 saturated carbocycles. The van der Waals surface area contributed by atoms with Gasteiger partial charge in [0.25, 0.3) is 0 Å². The lowest BCUT2D eigenvalue weighted by Crippen LogP contribution is -1.98. The summed E-state index contributed by atoms with van der Waals surface area (Å²) in [6.07, 6.45) is 0. The van der Waals surface area contributed by atoms with E-state index in [2.05, 4.69) is 47.8 Å². The lowest BCUT2D eigenvalue weighted by Gasteiger charge is -2.12. The second-order valence-corrected chi connectivity index (χ2v) is 6.26. The van der Waals surface area contributed by atoms with Crippen LogP contribution in [0.25, 0.3) is 0 Å². The van der Waals surface area contributed by atoms with Gasteiger partial charge in [-0.2, -0.15) is 0 Å². The molecule has 0 spiro atoms. The second-order valence-electron chi connectivity index (χ2n) is 3.69. The Balaban J connectivity index is 2.19. The van der Waals surface area contributed by atoms with E-state index in [4.69, 9.17) is 10.5 Å². The van der Waals surface area contributed by atoms with Gasteiger partial charge in [-0.3, -0.25) is 0 Å². The number of nitrogen functional groups attached to an aromatic ring is 1. The monoisotopic (exact) mass is 433 g/mol. The Bertz CT molecular complexity index is 549. The van der Waals surface area contributed by atoms with Crippen molar-refractivity contribution in [1.29, 1.82) is 0 Å². The molecule has 2 nitrogen and oxygen atoms in total. The molecule has 0 radical (unpaired) electrons. The third-order valence-corrected chi connectivity index (χ3v) is 4.30. The van der Waals surface area contributed by atoms with Gasteiger partial charge in [-0.15, -0.1) is 0 Å². The van der Waals surface area contributed by atoms with Crippen LogP contribution in [-0.4, -0.2) is 0 Å². The minimum Gasteiger partial charge on any atom is -0.486 e. The van der Waals surface area contributed by atoms with Crippen molar-refractivity contribution < 1.29 is 4.74 Å². The van der Waals surface area contributed by atoms with Crippen molar-refractivity contribution >= 4 is 53.5 Å². The average molecular weight is 436 g/mol. The van der Waals surface area contributed by atoms with Crippen LogP contribution in [0.3, 0.4) is 0 Å². The number of hydrogen-bond donors (Lipinski definition) is 1. The Hall–Kier alpha value is -0.520. The topological polar surface area (TPSA) is 35.2 Å². The maximum atomic E-state index is 5.81. The van der Waals surface area contributed by atoms with Gasteiger partial charge in [0.2, 0.25) is 0 Å². The molecule has 0 bridgehead atoms. The summed E-state index contributed by atoms with van der Waals surface area (Å²) in [5.74, 6) is 0.750. The highest BCUT2D eigenvalue weighted by molar-refractivity contribution is 9.11. The summed E-state index contributed by atoms with van der Waals surface area (Å²) in [5.41, 5.74) is 7.51. The Morgan fingerprint density at radius 3 is 2.17 bits per heavy atom. The number of benzene rings is 2. The van der Waals surface area contributed by atoms with Crippen molar-refractivity contribution in [2.24, 2.45) is 0 Å². The normalized spacial score (nSPS) is 10.4. The summed E-state index contributed by atoms with van der Waals surface area (Å²) < 4.78 is 8.51. The van der Waals surface area contributed by atoms with E-state index in [9.17, 15) is 0 Å². The molecule has 0 saturated heterocycles. The summed E-state index contributed by atoms with van der Waals surface area (Å²) in [6, 6.07) is 11.6. The van der Waals surface area contributed by atoms with Crippen LogP contribution in [0, 0.1) is 0 Å². The van der Waals surface area contributed by atoms with E-state index in [0.717, 1.165) is 24.7 Å². The summed E-state index contributed by atoms with van der Waals surface area (Å²) in [5, 5.41) is 0. The molecular formula is C13H10Br3NO. The zero-order valence-corrected chi connectivity index (χ0v) is 14.0. The van der Waals surface area contributed by atoms with Gasteiger partial charge >= 0.3 is 0 Å². The Morgan fingerprint density at radius 1 is 0.944 bits per heavy atom. The van der Waals surface area contributed by atoms with Gasteiger partial charge in [-0.25, -0.2) is 0 Å². The average Bonchev–Trinajstić information content (AvgIpc) is 2.30. The smallest absolute Gasteiger partial charge is 0.148 e. The zero-order valence-electron chi connectivity index (χ0n) is 9.29. The Morgan fingerprint density at radius 2 is 1.56 bits per heavy atom. The molecule has 0 heterocycles. The van der Waals surface area contributed by atoms with E-state index in [1.54, 1.807) is 0 Å². The van der Waals surface area contributed by atoms with E-state index < -0.39 is 0 Å². The largest absolute Gasteiger partial charge is 0.486 e. The predicted octanol–water partition coefficient (Wildman–Crippen LogP) is 5.14. The maximum Gasteiger partial charge on any atom is 0.148 e. The van der Waals surface area contributed by atoms with Crippen LogP contribution < -0.4 is 10.5 Å². The van der Waals surface area contributed by atoms with Crippen molar-refractivity contribution in [1.82, 2.24) is 0 Å². The molecule has 0 aromatic heterocycles. The number of anilines is 1. The molecule has 94 valence electrons. The second kappa shape index (κ2) is 6.08. The molecule has 0 amide bonds. The van der Waals surface area contributed by atoms with Crippen molar-refractivity contribution in [3.63, 3.8) is 0 Å². The molecule has 18 heavy (non-hydrogen) atoms. The van der Waals surface area contributed by atoms with Crippen LogP contribution in [-0.2, 0) is 6.61 Å². The fourth-order valence-corrected chi connectivity index (χ4v) is 3.33. The van der Waals surface area contributed by atoms with Crippen molar-refractivity contribution in [3.05, 3.63) is 55.4 Å². The molecule has 2 aromatic carbocycles. The summed E-state index contributed by atoms with van der Waals surface area (Å²) in [6.45, 7) is 0.489. The molecule has 0 aliphatic carbocycles. The van der Waals surface area contributed by atoms with Crippen LogP contribution in [0.1, 0.15) is 5.56 Å². The molecular weight excluding hydrogens is 426 g/mol. The lowest BCUT2D eigenvalue weighted by atomic mass is 10.2. The van der Waals surface area contributed by atoms with Crippen molar-refractivity contribution in [2.45, 2.75) is 6.61 Å². The first kappa shape index (κ1) is 13.9. The zero-order chi connectivity index (χ0) is 13.1. The summed E-state index contributed by atoms with van der Waals surface area (Å²) in [4.78, 5) is 0. The molecule has 0 aliphatic heterocycles. The number of nitrogens with two attached hydrogens (primary N) is 1. The molecule has 0 atom stereocenters. The SMILES string of the molecule is Nc1cc(Br)c(OCc2ccccc2Br)c(Br)c1. The van der Waals surface area contributed by atoms with Gasteiger partial charge in [0.05, 0.1) is 8.95 Å². The van der Waals surface area contributed by atoms with Crippen LogP contribution in [0.2, 0.25) is 0 Å². The van der Waals surface area contributed by atoms with Gasteiger partial charge in [0, 0.05) is 15.7 Å². The first-order chi connectivity index (χ1) is 8.58. The van der Waals surface area contributed by atoms with Gasteiger partial charge in [0.15, 0.2) is 0 Å². The quantitative estimate of drug-likeness (QED) is 0.678. The summed E-state index contributed by atoms with van der Waals surface area (Å²) >= 11 is 10.4. The predicted molar refractivity (Wildman–Crippen MR) is 84.7 cm³/mol. The fraction of sp³-hybridized carbons (Fsp3) is 0.0769. The van der Waals surface area contributed by atoms with Crippen LogP contribution in [0.15, 0.2) is 49.8 Å². The lowest BCUT2D eigenvalue weighted by molar-refractivity contribution is 0.301. The molecule has 2 N–H and O–H groups in total. The molecule has 2 rings (SSSR count). The number of ether oxygens (including phenoxy) is 1. The highest BCUT2D eigenvalue weighted by atomic mass is 79.9. The first-order valence-electron chi connectivity index (χ1n) is 5.18. The molecule has 0 fully saturated rings. The minimum absolute atomic E-state index is 0.489. The minimum atomic E-state index is 0.489. The first-order valence-corrected chi connectivity index (χ1v) is 7.56. The molecule has 0 aliphatic rings. The molecule has 0 unspecified atom stereocenters. The summed E-state index contributed by atoms with van der Waals surface area (Å²) in [7, 11) is 0. The van der Waals surface area contributed by atoms with Crippen LogP contribution in [0.4, 0.5) is 5.69 Å². The number of rotatable bonds is 3. The van der Waals surface area contributed by atoms with E-state index in [1.807, 2.05) is 36.4 Å². The fourth-order valence-electron chi connectivity index (χ4n) is 1.48. The Labute approximate surface area is 131 Å². The number of halogens is 3.